The molecule has 0 radical (unpaired) electrons. The van der Waals surface area contributed by atoms with Crippen LogP contribution in [0.25, 0.3) is 0 Å². The van der Waals surface area contributed by atoms with E-state index in [0.717, 1.165) is 56.9 Å². The molecular formula is C23H30N2O2. The smallest absolute Gasteiger partial charge is 0.222 e. The van der Waals surface area contributed by atoms with E-state index in [0.29, 0.717) is 13.0 Å². The zero-order chi connectivity index (χ0) is 18.9. The van der Waals surface area contributed by atoms with Crippen molar-refractivity contribution in [3.63, 3.8) is 0 Å². The lowest BCUT2D eigenvalue weighted by atomic mass is 10.1. The molecule has 0 saturated carbocycles. The summed E-state index contributed by atoms with van der Waals surface area (Å²) < 4.78 is 5.66. The number of piperazine rings is 1. The zero-order valence-electron chi connectivity index (χ0n) is 16.3. The van der Waals surface area contributed by atoms with E-state index >= 15 is 0 Å². The molecule has 0 bridgehead atoms. The summed E-state index contributed by atoms with van der Waals surface area (Å²) >= 11 is 0. The van der Waals surface area contributed by atoms with E-state index in [-0.39, 0.29) is 5.91 Å². The summed E-state index contributed by atoms with van der Waals surface area (Å²) in [4.78, 5) is 17.1. The highest BCUT2D eigenvalue weighted by Crippen LogP contribution is 2.20. The molecule has 4 nitrogen and oxygen atoms in total. The van der Waals surface area contributed by atoms with E-state index in [1.807, 2.05) is 30.0 Å². The van der Waals surface area contributed by atoms with E-state index in [2.05, 4.69) is 41.3 Å². The quantitative estimate of drug-likeness (QED) is 0.718. The van der Waals surface area contributed by atoms with Gasteiger partial charge in [-0.25, -0.2) is 0 Å². The molecule has 1 fully saturated rings. The minimum atomic E-state index is 0.254. The molecule has 0 unspecified atom stereocenters. The van der Waals surface area contributed by atoms with Crippen LogP contribution in [0.5, 0.6) is 5.75 Å². The maximum atomic E-state index is 12.6. The minimum Gasteiger partial charge on any atom is -0.494 e. The van der Waals surface area contributed by atoms with Crippen LogP contribution in [0, 0.1) is 0 Å². The van der Waals surface area contributed by atoms with Gasteiger partial charge >= 0.3 is 0 Å². The standard InChI is InChI=1S/C23H30N2O2/c1-2-27-22-11-7-6-10-21(22)12-13-23(26)25-18-16-24(17-19-25)15-14-20-8-4-3-5-9-20/h3-11H,2,12-19H2,1H3. The zero-order valence-corrected chi connectivity index (χ0v) is 16.3. The molecule has 1 aliphatic rings. The van der Waals surface area contributed by atoms with Gasteiger partial charge in [-0.15, -0.1) is 0 Å². The second kappa shape index (κ2) is 10.1. The molecule has 1 aliphatic heterocycles. The molecule has 144 valence electrons. The lowest BCUT2D eigenvalue weighted by Gasteiger charge is -2.34. The van der Waals surface area contributed by atoms with Crippen molar-refractivity contribution >= 4 is 5.91 Å². The van der Waals surface area contributed by atoms with Gasteiger partial charge in [-0.2, -0.15) is 0 Å². The third-order valence-electron chi connectivity index (χ3n) is 5.17. The van der Waals surface area contributed by atoms with Crippen molar-refractivity contribution in [2.24, 2.45) is 0 Å². The maximum absolute atomic E-state index is 12.6. The monoisotopic (exact) mass is 366 g/mol. The van der Waals surface area contributed by atoms with Crippen molar-refractivity contribution in [1.29, 1.82) is 0 Å². The van der Waals surface area contributed by atoms with Crippen LogP contribution in [0.3, 0.4) is 0 Å². The Balaban J connectivity index is 1.41. The first kappa shape index (κ1) is 19.4. The number of hydrogen-bond acceptors (Lipinski definition) is 3. The fraction of sp³-hybridized carbons (Fsp3) is 0.435. The summed E-state index contributed by atoms with van der Waals surface area (Å²) in [6, 6.07) is 18.6. The highest BCUT2D eigenvalue weighted by Gasteiger charge is 2.20. The highest BCUT2D eigenvalue weighted by molar-refractivity contribution is 5.76. The van der Waals surface area contributed by atoms with Crippen LogP contribution in [0.4, 0.5) is 0 Å². The second-order valence-corrected chi connectivity index (χ2v) is 7.00. The number of para-hydroxylation sites is 1. The molecule has 0 N–H and O–H groups in total. The first-order valence-corrected chi connectivity index (χ1v) is 10.0. The van der Waals surface area contributed by atoms with E-state index in [4.69, 9.17) is 4.74 Å². The van der Waals surface area contributed by atoms with Gasteiger partial charge in [0.05, 0.1) is 6.61 Å². The molecule has 3 rings (SSSR count). The molecule has 0 spiro atoms. The van der Waals surface area contributed by atoms with Crippen LogP contribution in [-0.4, -0.2) is 55.0 Å². The van der Waals surface area contributed by atoms with Crippen molar-refractivity contribution in [2.75, 3.05) is 39.3 Å². The van der Waals surface area contributed by atoms with Crippen LogP contribution in [-0.2, 0) is 17.6 Å². The molecule has 1 saturated heterocycles. The van der Waals surface area contributed by atoms with E-state index in [1.54, 1.807) is 0 Å². The third kappa shape index (κ3) is 5.83. The van der Waals surface area contributed by atoms with Gasteiger partial charge in [-0.3, -0.25) is 9.69 Å². The predicted molar refractivity (Wildman–Crippen MR) is 109 cm³/mol. The third-order valence-corrected chi connectivity index (χ3v) is 5.17. The number of aryl methyl sites for hydroxylation is 1. The van der Waals surface area contributed by atoms with Gasteiger partial charge in [-0.05, 0) is 37.0 Å². The van der Waals surface area contributed by atoms with Gasteiger partial charge in [-0.1, -0.05) is 48.5 Å². The van der Waals surface area contributed by atoms with Gasteiger partial charge < -0.3 is 9.64 Å². The number of amides is 1. The Kier molecular flexibility index (Phi) is 7.28. The summed E-state index contributed by atoms with van der Waals surface area (Å²) in [6.45, 7) is 7.30. The van der Waals surface area contributed by atoms with Gasteiger partial charge in [0.2, 0.25) is 5.91 Å². The molecule has 2 aromatic carbocycles. The van der Waals surface area contributed by atoms with Crippen LogP contribution >= 0.6 is 0 Å². The fourth-order valence-electron chi connectivity index (χ4n) is 3.56. The van der Waals surface area contributed by atoms with Gasteiger partial charge in [0, 0.05) is 39.1 Å². The van der Waals surface area contributed by atoms with Crippen LogP contribution in [0.2, 0.25) is 0 Å². The average Bonchev–Trinajstić information content (AvgIpc) is 2.73. The highest BCUT2D eigenvalue weighted by atomic mass is 16.5. The minimum absolute atomic E-state index is 0.254. The molecule has 2 aromatic rings. The van der Waals surface area contributed by atoms with E-state index in [1.165, 1.54) is 5.56 Å². The summed E-state index contributed by atoms with van der Waals surface area (Å²) in [5, 5.41) is 0. The summed E-state index contributed by atoms with van der Waals surface area (Å²) in [5.41, 5.74) is 2.50. The van der Waals surface area contributed by atoms with E-state index < -0.39 is 0 Å². The Morgan fingerprint density at radius 3 is 2.37 bits per heavy atom. The lowest BCUT2D eigenvalue weighted by molar-refractivity contribution is -0.132. The lowest BCUT2D eigenvalue weighted by Crippen LogP contribution is -2.49. The Morgan fingerprint density at radius 2 is 1.63 bits per heavy atom. The number of benzene rings is 2. The number of rotatable bonds is 8. The van der Waals surface area contributed by atoms with Crippen LogP contribution in [0.15, 0.2) is 54.6 Å². The van der Waals surface area contributed by atoms with E-state index in [9.17, 15) is 4.79 Å². The molecule has 0 aliphatic carbocycles. The summed E-state index contributed by atoms with van der Waals surface area (Å²) in [6.07, 6.45) is 2.36. The van der Waals surface area contributed by atoms with Crippen molar-refractivity contribution in [2.45, 2.75) is 26.2 Å². The Hall–Kier alpha value is -2.33. The summed E-state index contributed by atoms with van der Waals surface area (Å²) in [7, 11) is 0. The Bertz CT molecular complexity index is 709. The number of nitrogens with zero attached hydrogens (tertiary/aromatic N) is 2. The SMILES string of the molecule is CCOc1ccccc1CCC(=O)N1CCN(CCc2ccccc2)CC1. The molecule has 1 heterocycles. The topological polar surface area (TPSA) is 32.8 Å². The Labute approximate surface area is 162 Å². The first-order chi connectivity index (χ1) is 13.3. The largest absolute Gasteiger partial charge is 0.494 e. The number of hydrogen-bond donors (Lipinski definition) is 0. The first-order valence-electron chi connectivity index (χ1n) is 10.0. The van der Waals surface area contributed by atoms with Crippen molar-refractivity contribution in [1.82, 2.24) is 9.80 Å². The van der Waals surface area contributed by atoms with Crippen LogP contribution < -0.4 is 4.74 Å². The molecule has 0 aromatic heterocycles. The van der Waals surface area contributed by atoms with Crippen molar-refractivity contribution in [3.05, 3.63) is 65.7 Å². The normalized spacial score (nSPS) is 14.9. The molecule has 4 heteroatoms. The fourth-order valence-corrected chi connectivity index (χ4v) is 3.56. The van der Waals surface area contributed by atoms with Gasteiger partial charge in [0.1, 0.15) is 5.75 Å². The molecule has 1 amide bonds. The van der Waals surface area contributed by atoms with Gasteiger partial charge in [0.15, 0.2) is 0 Å². The summed E-state index contributed by atoms with van der Waals surface area (Å²) in [5.74, 6) is 1.16. The number of ether oxygens (including phenoxy) is 1. The van der Waals surface area contributed by atoms with Crippen molar-refractivity contribution in [3.8, 4) is 5.75 Å². The number of carbonyl (C=O) groups is 1. The molecular weight excluding hydrogens is 336 g/mol. The Morgan fingerprint density at radius 1 is 0.926 bits per heavy atom. The maximum Gasteiger partial charge on any atom is 0.222 e. The molecule has 0 atom stereocenters. The van der Waals surface area contributed by atoms with Crippen LogP contribution in [0.1, 0.15) is 24.5 Å². The predicted octanol–water partition coefficient (Wildman–Crippen LogP) is 3.40. The second-order valence-electron chi connectivity index (χ2n) is 7.00. The number of carbonyl (C=O) groups excluding carboxylic acids is 1. The molecule has 27 heavy (non-hydrogen) atoms. The average molecular weight is 367 g/mol. The van der Waals surface area contributed by atoms with Gasteiger partial charge in [0.25, 0.3) is 0 Å². The van der Waals surface area contributed by atoms with Crippen molar-refractivity contribution < 1.29 is 9.53 Å².